The van der Waals surface area contributed by atoms with Crippen LogP contribution in [-0.2, 0) is 16.1 Å². The Morgan fingerprint density at radius 1 is 1.12 bits per heavy atom. The minimum atomic E-state index is -0.300. The third-order valence-electron chi connectivity index (χ3n) is 4.20. The molecule has 7 heteroatoms. The molecule has 1 fully saturated rings. The molecule has 1 aliphatic heterocycles. The molecule has 0 N–H and O–H groups in total. The van der Waals surface area contributed by atoms with Crippen molar-refractivity contribution in [3.05, 3.63) is 34.9 Å². The van der Waals surface area contributed by atoms with Gasteiger partial charge in [0.1, 0.15) is 6.54 Å². The summed E-state index contributed by atoms with van der Waals surface area (Å²) in [5.41, 5.74) is 1.03. The van der Waals surface area contributed by atoms with Gasteiger partial charge in [0, 0.05) is 42.4 Å². The summed E-state index contributed by atoms with van der Waals surface area (Å²) >= 11 is 3.47. The third-order valence-corrected chi connectivity index (χ3v) is 4.69. The maximum atomic E-state index is 12.6. The van der Waals surface area contributed by atoms with Gasteiger partial charge in [0.05, 0.1) is 6.61 Å². The average molecular weight is 394 g/mol. The number of ether oxygens (including phenoxy) is 1. The average Bonchev–Trinajstić information content (AvgIpc) is 2.97. The molecule has 1 saturated heterocycles. The van der Waals surface area contributed by atoms with Crippen molar-refractivity contribution in [2.75, 3.05) is 32.8 Å². The Labute approximate surface area is 149 Å². The Balaban J connectivity index is 1.61. The van der Waals surface area contributed by atoms with Gasteiger partial charge in [-0.2, -0.15) is 0 Å². The second-order valence-corrected chi connectivity index (χ2v) is 6.63. The lowest BCUT2D eigenvalue weighted by atomic mass is 10.2. The Morgan fingerprint density at radius 3 is 2.54 bits per heavy atom. The minimum Gasteiger partial charge on any atom is -0.450 e. The van der Waals surface area contributed by atoms with Crippen molar-refractivity contribution in [3.8, 4) is 0 Å². The molecule has 0 saturated carbocycles. The zero-order valence-corrected chi connectivity index (χ0v) is 15.2. The highest BCUT2D eigenvalue weighted by Gasteiger charge is 2.24. The lowest BCUT2D eigenvalue weighted by Gasteiger charge is -2.34. The van der Waals surface area contributed by atoms with Crippen molar-refractivity contribution >= 4 is 38.8 Å². The van der Waals surface area contributed by atoms with Gasteiger partial charge in [0.25, 0.3) is 0 Å². The standard InChI is InChI=1S/C17H20BrN3O3/c1-2-24-17(23)20-9-7-19(8-10-20)16(22)12-21-6-5-13-3-4-14(18)11-15(13)21/h3-6,11H,2,7-10,12H2,1H3. The van der Waals surface area contributed by atoms with E-state index in [0.29, 0.717) is 39.3 Å². The number of carbonyl (C=O) groups excluding carboxylic acids is 2. The fourth-order valence-electron chi connectivity index (χ4n) is 2.89. The number of amides is 2. The number of hydrogen-bond acceptors (Lipinski definition) is 3. The lowest BCUT2D eigenvalue weighted by Crippen LogP contribution is -2.51. The first-order valence-electron chi connectivity index (χ1n) is 8.02. The molecule has 2 amide bonds. The van der Waals surface area contributed by atoms with Gasteiger partial charge in [0.2, 0.25) is 5.91 Å². The molecule has 1 aromatic heterocycles. The van der Waals surface area contributed by atoms with Crippen LogP contribution in [0.1, 0.15) is 6.92 Å². The van der Waals surface area contributed by atoms with Crippen LogP contribution < -0.4 is 0 Å². The van der Waals surface area contributed by atoms with E-state index in [1.807, 2.05) is 35.0 Å². The highest BCUT2D eigenvalue weighted by atomic mass is 79.9. The molecule has 0 spiro atoms. The highest BCUT2D eigenvalue weighted by Crippen LogP contribution is 2.21. The summed E-state index contributed by atoms with van der Waals surface area (Å²) in [5.74, 6) is 0.0657. The minimum absolute atomic E-state index is 0.0657. The largest absolute Gasteiger partial charge is 0.450 e. The van der Waals surface area contributed by atoms with Gasteiger partial charge in [-0.05, 0) is 30.5 Å². The maximum Gasteiger partial charge on any atom is 0.409 e. The van der Waals surface area contributed by atoms with Crippen LogP contribution in [0.4, 0.5) is 4.79 Å². The molecule has 0 bridgehead atoms. The van der Waals surface area contributed by atoms with E-state index in [0.717, 1.165) is 15.4 Å². The van der Waals surface area contributed by atoms with E-state index < -0.39 is 0 Å². The predicted molar refractivity (Wildman–Crippen MR) is 94.8 cm³/mol. The number of benzene rings is 1. The zero-order valence-electron chi connectivity index (χ0n) is 13.6. The van der Waals surface area contributed by atoms with Gasteiger partial charge >= 0.3 is 6.09 Å². The molecule has 2 heterocycles. The number of piperazine rings is 1. The monoisotopic (exact) mass is 393 g/mol. The quantitative estimate of drug-likeness (QED) is 0.805. The smallest absolute Gasteiger partial charge is 0.409 e. The molecule has 0 atom stereocenters. The van der Waals surface area contributed by atoms with Gasteiger partial charge < -0.3 is 19.1 Å². The van der Waals surface area contributed by atoms with Crippen LogP contribution in [0.3, 0.4) is 0 Å². The molecule has 0 radical (unpaired) electrons. The van der Waals surface area contributed by atoms with Gasteiger partial charge in [-0.3, -0.25) is 4.79 Å². The summed E-state index contributed by atoms with van der Waals surface area (Å²) < 4.78 is 7.95. The van der Waals surface area contributed by atoms with E-state index in [9.17, 15) is 9.59 Å². The SMILES string of the molecule is CCOC(=O)N1CCN(C(=O)Cn2ccc3ccc(Br)cc32)CC1. The van der Waals surface area contributed by atoms with Crippen molar-refractivity contribution in [2.24, 2.45) is 0 Å². The summed E-state index contributed by atoms with van der Waals surface area (Å²) in [7, 11) is 0. The predicted octanol–water partition coefficient (Wildman–Crippen LogP) is 2.70. The molecule has 0 unspecified atom stereocenters. The van der Waals surface area contributed by atoms with Crippen molar-refractivity contribution < 1.29 is 14.3 Å². The van der Waals surface area contributed by atoms with Crippen molar-refractivity contribution in [1.29, 1.82) is 0 Å². The van der Waals surface area contributed by atoms with E-state index in [2.05, 4.69) is 15.9 Å². The number of hydrogen-bond donors (Lipinski definition) is 0. The normalized spacial score (nSPS) is 14.9. The summed E-state index contributed by atoms with van der Waals surface area (Å²) in [6, 6.07) is 8.04. The Bertz CT molecular complexity index is 751. The van der Waals surface area contributed by atoms with Crippen molar-refractivity contribution in [3.63, 3.8) is 0 Å². The topological polar surface area (TPSA) is 54.8 Å². The molecule has 1 aromatic carbocycles. The fraction of sp³-hybridized carbons (Fsp3) is 0.412. The summed E-state index contributed by atoms with van der Waals surface area (Å²) in [4.78, 5) is 27.7. The lowest BCUT2D eigenvalue weighted by molar-refractivity contribution is -0.133. The van der Waals surface area contributed by atoms with E-state index in [4.69, 9.17) is 4.74 Å². The van der Waals surface area contributed by atoms with E-state index in [1.54, 1.807) is 16.7 Å². The van der Waals surface area contributed by atoms with Gasteiger partial charge in [-0.25, -0.2) is 4.79 Å². The Kier molecular flexibility index (Phi) is 5.08. The number of fused-ring (bicyclic) bond motifs is 1. The molecular weight excluding hydrogens is 374 g/mol. The first-order valence-corrected chi connectivity index (χ1v) is 8.81. The second kappa shape index (κ2) is 7.25. The fourth-order valence-corrected chi connectivity index (χ4v) is 3.24. The van der Waals surface area contributed by atoms with Crippen LogP contribution in [0.25, 0.3) is 10.9 Å². The third kappa shape index (κ3) is 3.56. The number of nitrogens with zero attached hydrogens (tertiary/aromatic N) is 3. The summed E-state index contributed by atoms with van der Waals surface area (Å²) in [6.45, 7) is 4.58. The van der Waals surface area contributed by atoms with E-state index in [1.165, 1.54) is 0 Å². The van der Waals surface area contributed by atoms with E-state index in [-0.39, 0.29) is 12.0 Å². The van der Waals surface area contributed by atoms with Gasteiger partial charge in [-0.15, -0.1) is 0 Å². The molecule has 24 heavy (non-hydrogen) atoms. The molecular formula is C17H20BrN3O3. The van der Waals surface area contributed by atoms with Crippen LogP contribution in [0.5, 0.6) is 0 Å². The van der Waals surface area contributed by atoms with Gasteiger partial charge in [-0.1, -0.05) is 22.0 Å². The number of aromatic nitrogens is 1. The maximum absolute atomic E-state index is 12.6. The van der Waals surface area contributed by atoms with Crippen LogP contribution in [0, 0.1) is 0 Å². The first kappa shape index (κ1) is 16.8. The van der Waals surface area contributed by atoms with Crippen LogP contribution in [0.15, 0.2) is 34.9 Å². The summed E-state index contributed by atoms with van der Waals surface area (Å²) in [6.07, 6.45) is 1.63. The van der Waals surface area contributed by atoms with Crippen LogP contribution in [0.2, 0.25) is 0 Å². The highest BCUT2D eigenvalue weighted by molar-refractivity contribution is 9.10. The van der Waals surface area contributed by atoms with Crippen LogP contribution in [-0.4, -0.2) is 59.2 Å². The molecule has 6 nitrogen and oxygen atoms in total. The Hall–Kier alpha value is -2.02. The molecule has 0 aliphatic carbocycles. The first-order chi connectivity index (χ1) is 11.6. The van der Waals surface area contributed by atoms with Crippen molar-refractivity contribution in [1.82, 2.24) is 14.4 Å². The zero-order chi connectivity index (χ0) is 17.1. The van der Waals surface area contributed by atoms with Crippen LogP contribution >= 0.6 is 15.9 Å². The van der Waals surface area contributed by atoms with Gasteiger partial charge in [0.15, 0.2) is 0 Å². The molecule has 1 aliphatic rings. The summed E-state index contributed by atoms with van der Waals surface area (Å²) in [5, 5.41) is 1.11. The number of carbonyl (C=O) groups is 2. The van der Waals surface area contributed by atoms with Crippen molar-refractivity contribution in [2.45, 2.75) is 13.5 Å². The number of rotatable bonds is 3. The Morgan fingerprint density at radius 2 is 1.83 bits per heavy atom. The van der Waals surface area contributed by atoms with E-state index >= 15 is 0 Å². The second-order valence-electron chi connectivity index (χ2n) is 5.71. The number of halogens is 1. The molecule has 2 aromatic rings. The molecule has 128 valence electrons. The molecule has 3 rings (SSSR count).